The number of carboxylic acids is 1. The summed E-state index contributed by atoms with van der Waals surface area (Å²) in [6.45, 7) is 1.96. The highest BCUT2D eigenvalue weighted by atomic mass is 35.5. The molecular formula is C8H19BClNO4S. The van der Waals surface area contributed by atoms with E-state index >= 15 is 0 Å². The SMILES string of the molecule is BC(CCCC)(CCS(N)(=O)=O)C(=O)O.Cl. The lowest BCUT2D eigenvalue weighted by Crippen LogP contribution is -2.29. The van der Waals surface area contributed by atoms with E-state index < -0.39 is 21.3 Å². The normalized spacial score (nSPS) is 14.9. The van der Waals surface area contributed by atoms with Crippen LogP contribution >= 0.6 is 12.4 Å². The van der Waals surface area contributed by atoms with Gasteiger partial charge in [0, 0.05) is 5.31 Å². The van der Waals surface area contributed by atoms with Crippen LogP contribution in [-0.2, 0) is 14.8 Å². The van der Waals surface area contributed by atoms with Crippen LogP contribution in [0.2, 0.25) is 5.31 Å². The minimum Gasteiger partial charge on any atom is -0.481 e. The molecule has 0 radical (unpaired) electrons. The van der Waals surface area contributed by atoms with Crippen molar-refractivity contribution in [3.63, 3.8) is 0 Å². The summed E-state index contributed by atoms with van der Waals surface area (Å²) in [5.41, 5.74) is 0. The van der Waals surface area contributed by atoms with E-state index in [-0.39, 0.29) is 24.6 Å². The van der Waals surface area contributed by atoms with E-state index in [4.69, 9.17) is 10.2 Å². The molecule has 3 N–H and O–H groups in total. The summed E-state index contributed by atoms with van der Waals surface area (Å²) in [5.74, 6) is -1.24. The molecule has 8 heteroatoms. The second-order valence-electron chi connectivity index (χ2n) is 4.09. The Morgan fingerprint density at radius 2 is 1.94 bits per heavy atom. The number of sulfonamides is 1. The molecule has 0 heterocycles. The molecule has 0 aliphatic heterocycles. The molecule has 0 amide bonds. The number of carboxylic acid groups (broad SMARTS) is 1. The Balaban J connectivity index is 0. The maximum Gasteiger partial charge on any atom is 0.301 e. The van der Waals surface area contributed by atoms with Gasteiger partial charge in [0.2, 0.25) is 10.0 Å². The average Bonchev–Trinajstić information content (AvgIpc) is 2.10. The third kappa shape index (κ3) is 7.08. The minimum atomic E-state index is -3.58. The first-order valence-corrected chi connectivity index (χ1v) is 6.67. The van der Waals surface area contributed by atoms with Gasteiger partial charge in [-0.3, -0.25) is 4.79 Å². The zero-order chi connectivity index (χ0) is 12.1. The summed E-state index contributed by atoms with van der Waals surface area (Å²) >= 11 is 0. The lowest BCUT2D eigenvalue weighted by Gasteiger charge is -2.24. The Morgan fingerprint density at radius 1 is 1.44 bits per heavy atom. The molecule has 0 aromatic rings. The fourth-order valence-electron chi connectivity index (χ4n) is 1.27. The molecule has 0 saturated carbocycles. The minimum absolute atomic E-state index is 0. The number of unbranched alkanes of at least 4 members (excludes halogenated alkanes) is 1. The van der Waals surface area contributed by atoms with Crippen LogP contribution in [0.1, 0.15) is 32.6 Å². The van der Waals surface area contributed by atoms with Crippen LogP contribution < -0.4 is 5.14 Å². The second kappa shape index (κ2) is 7.14. The largest absolute Gasteiger partial charge is 0.481 e. The molecule has 0 aromatic heterocycles. The van der Waals surface area contributed by atoms with Crippen LogP contribution in [0.3, 0.4) is 0 Å². The molecule has 1 unspecified atom stereocenters. The van der Waals surface area contributed by atoms with Crippen LogP contribution in [0.5, 0.6) is 0 Å². The van der Waals surface area contributed by atoms with Crippen LogP contribution in [0.15, 0.2) is 0 Å². The Morgan fingerprint density at radius 3 is 2.25 bits per heavy atom. The van der Waals surface area contributed by atoms with Gasteiger partial charge in [0.05, 0.1) is 5.75 Å². The summed E-state index contributed by atoms with van der Waals surface area (Å²) in [5, 5.41) is 12.9. The summed E-state index contributed by atoms with van der Waals surface area (Å²) in [6.07, 6.45) is 2.21. The predicted octanol–water partition coefficient (Wildman–Crippen LogP) is 0.153. The lowest BCUT2D eigenvalue weighted by atomic mass is 9.64. The maximum atomic E-state index is 11.0. The molecular weight excluding hydrogens is 252 g/mol. The van der Waals surface area contributed by atoms with E-state index in [1.54, 1.807) is 7.85 Å². The summed E-state index contributed by atoms with van der Waals surface area (Å²) in [6, 6.07) is 0. The van der Waals surface area contributed by atoms with E-state index in [9.17, 15) is 13.2 Å². The van der Waals surface area contributed by atoms with E-state index in [0.717, 1.165) is 12.8 Å². The summed E-state index contributed by atoms with van der Waals surface area (Å²) in [4.78, 5) is 11.0. The van der Waals surface area contributed by atoms with Crippen LogP contribution in [0.4, 0.5) is 0 Å². The van der Waals surface area contributed by atoms with Crippen molar-refractivity contribution in [1.82, 2.24) is 0 Å². The topological polar surface area (TPSA) is 97.5 Å². The number of halogens is 1. The highest BCUT2D eigenvalue weighted by molar-refractivity contribution is 7.89. The smallest absolute Gasteiger partial charge is 0.301 e. The van der Waals surface area contributed by atoms with Gasteiger partial charge in [0.15, 0.2) is 0 Å². The number of hydrogen-bond acceptors (Lipinski definition) is 3. The Labute approximate surface area is 104 Å². The van der Waals surface area contributed by atoms with Gasteiger partial charge >= 0.3 is 5.97 Å². The molecule has 0 spiro atoms. The van der Waals surface area contributed by atoms with Gasteiger partial charge in [-0.05, 0) is 12.8 Å². The first kappa shape index (κ1) is 18.1. The summed E-state index contributed by atoms with van der Waals surface area (Å²) < 4.78 is 21.5. The van der Waals surface area contributed by atoms with Crippen molar-refractivity contribution in [3.05, 3.63) is 0 Å². The van der Waals surface area contributed by atoms with Gasteiger partial charge in [-0.25, -0.2) is 13.6 Å². The van der Waals surface area contributed by atoms with Gasteiger partial charge in [-0.15, -0.1) is 12.4 Å². The number of hydrogen-bond donors (Lipinski definition) is 2. The van der Waals surface area contributed by atoms with Crippen molar-refractivity contribution in [3.8, 4) is 0 Å². The van der Waals surface area contributed by atoms with Gasteiger partial charge in [0.25, 0.3) is 0 Å². The summed E-state index contributed by atoms with van der Waals surface area (Å²) in [7, 11) is -2.01. The van der Waals surface area contributed by atoms with E-state index in [2.05, 4.69) is 0 Å². The third-order valence-electron chi connectivity index (χ3n) is 2.54. The van der Waals surface area contributed by atoms with Crippen molar-refractivity contribution < 1.29 is 18.3 Å². The Hall–Kier alpha value is -0.265. The molecule has 0 fully saturated rings. The van der Waals surface area contributed by atoms with Crippen LogP contribution in [0, 0.1) is 0 Å². The zero-order valence-electron chi connectivity index (χ0n) is 9.60. The van der Waals surface area contributed by atoms with Crippen molar-refractivity contribution in [1.29, 1.82) is 0 Å². The van der Waals surface area contributed by atoms with E-state index in [1.165, 1.54) is 0 Å². The molecule has 96 valence electrons. The standard InChI is InChI=1S/C8H18BNO4S.ClH/c1-2-3-4-8(9,7(11)12)5-6-15(10,13)14;/h2-6,9H2,1H3,(H,11,12)(H2,10,13,14);1H. The number of carbonyl (C=O) groups is 1. The number of primary sulfonamides is 1. The number of nitrogens with two attached hydrogens (primary N) is 1. The fraction of sp³-hybridized carbons (Fsp3) is 0.875. The number of rotatable bonds is 7. The van der Waals surface area contributed by atoms with Gasteiger partial charge < -0.3 is 5.11 Å². The fourth-order valence-corrected chi connectivity index (χ4v) is 2.01. The van der Waals surface area contributed by atoms with E-state index in [0.29, 0.717) is 6.42 Å². The average molecular weight is 272 g/mol. The third-order valence-corrected chi connectivity index (χ3v) is 3.31. The quantitative estimate of drug-likeness (QED) is 0.644. The molecule has 0 aromatic carbocycles. The molecule has 0 saturated heterocycles. The number of aliphatic carboxylic acids is 1. The van der Waals surface area contributed by atoms with Crippen LogP contribution in [0.25, 0.3) is 0 Å². The first-order valence-electron chi connectivity index (χ1n) is 4.95. The van der Waals surface area contributed by atoms with Crippen LogP contribution in [-0.4, -0.2) is 33.1 Å². The molecule has 16 heavy (non-hydrogen) atoms. The van der Waals surface area contributed by atoms with Crippen molar-refractivity contribution in [2.75, 3.05) is 5.75 Å². The van der Waals surface area contributed by atoms with Gasteiger partial charge in [-0.1, -0.05) is 19.8 Å². The Bertz CT molecular complexity index is 322. The molecule has 5 nitrogen and oxygen atoms in total. The van der Waals surface area contributed by atoms with Crippen molar-refractivity contribution in [2.24, 2.45) is 5.14 Å². The predicted molar refractivity (Wildman–Crippen MR) is 68.2 cm³/mol. The van der Waals surface area contributed by atoms with E-state index in [1.807, 2.05) is 6.92 Å². The molecule has 0 aliphatic rings. The highest BCUT2D eigenvalue weighted by Crippen LogP contribution is 2.33. The van der Waals surface area contributed by atoms with Gasteiger partial charge in [0.1, 0.15) is 7.85 Å². The first-order chi connectivity index (χ1) is 6.71. The maximum absolute atomic E-state index is 11.0. The molecule has 0 rings (SSSR count). The molecule has 0 aliphatic carbocycles. The van der Waals surface area contributed by atoms with Crippen molar-refractivity contribution >= 4 is 36.2 Å². The monoisotopic (exact) mass is 271 g/mol. The Kier molecular flexibility index (Phi) is 8.08. The molecule has 0 bridgehead atoms. The highest BCUT2D eigenvalue weighted by Gasteiger charge is 2.32. The zero-order valence-corrected chi connectivity index (χ0v) is 11.2. The lowest BCUT2D eigenvalue weighted by molar-refractivity contribution is -0.141. The molecule has 1 atom stereocenters. The van der Waals surface area contributed by atoms with Gasteiger partial charge in [-0.2, -0.15) is 0 Å². The second-order valence-corrected chi connectivity index (χ2v) is 5.82. The van der Waals surface area contributed by atoms with Crippen molar-refractivity contribution in [2.45, 2.75) is 37.9 Å².